The maximum absolute atomic E-state index is 10.9. The third kappa shape index (κ3) is 10.3. The van der Waals surface area contributed by atoms with Crippen molar-refractivity contribution < 1.29 is 8.42 Å². The zero-order chi connectivity index (χ0) is 15.0. The van der Waals surface area contributed by atoms with Crippen LogP contribution in [0.25, 0.3) is 0 Å². The Morgan fingerprint density at radius 1 is 1.19 bits per heavy atom. The van der Waals surface area contributed by atoms with Crippen LogP contribution >= 0.6 is 24.0 Å². The van der Waals surface area contributed by atoms with Gasteiger partial charge in [-0.1, -0.05) is 6.92 Å². The van der Waals surface area contributed by atoms with Crippen molar-refractivity contribution in [2.24, 2.45) is 10.9 Å². The number of sulfonamides is 1. The molecule has 0 bridgehead atoms. The van der Waals surface area contributed by atoms with E-state index in [0.717, 1.165) is 18.3 Å². The maximum atomic E-state index is 10.9. The quantitative estimate of drug-likeness (QED) is 0.256. The van der Waals surface area contributed by atoms with Crippen LogP contribution in [0.4, 0.5) is 0 Å². The molecule has 6 nitrogen and oxygen atoms in total. The molecule has 8 heteroatoms. The molecular formula is C13H29IN4O2S. The van der Waals surface area contributed by atoms with Crippen molar-refractivity contribution in [3.05, 3.63) is 0 Å². The van der Waals surface area contributed by atoms with Crippen LogP contribution in [-0.2, 0) is 10.0 Å². The molecule has 21 heavy (non-hydrogen) atoms. The molecule has 0 unspecified atom stereocenters. The van der Waals surface area contributed by atoms with Crippen molar-refractivity contribution >= 4 is 40.0 Å². The standard InChI is InChI=1S/C13H28N4O2S.HI/c1-11-5-7-12(8-6-11)17-13(14-2)15-9-4-10-16-20(3,18)19;/h11-12,16H,4-10H2,1-3H3,(H2,14,15,17);1H. The Kier molecular flexibility index (Phi) is 10.6. The number of nitrogens with one attached hydrogen (secondary N) is 3. The highest BCUT2D eigenvalue weighted by molar-refractivity contribution is 14.0. The fourth-order valence-electron chi connectivity index (χ4n) is 2.35. The van der Waals surface area contributed by atoms with Crippen LogP contribution in [0.3, 0.4) is 0 Å². The summed E-state index contributed by atoms with van der Waals surface area (Å²) in [7, 11) is -1.32. The lowest BCUT2D eigenvalue weighted by Crippen LogP contribution is -2.45. The van der Waals surface area contributed by atoms with Gasteiger partial charge in [-0.05, 0) is 38.0 Å². The van der Waals surface area contributed by atoms with E-state index in [1.165, 1.54) is 31.9 Å². The number of halogens is 1. The molecule has 0 aromatic heterocycles. The molecule has 1 saturated carbocycles. The fraction of sp³-hybridized carbons (Fsp3) is 0.923. The van der Waals surface area contributed by atoms with Crippen molar-refractivity contribution in [3.8, 4) is 0 Å². The Hall–Kier alpha value is -0.0900. The smallest absolute Gasteiger partial charge is 0.208 e. The first-order valence-electron chi connectivity index (χ1n) is 7.32. The van der Waals surface area contributed by atoms with Gasteiger partial charge in [-0.2, -0.15) is 0 Å². The molecule has 0 saturated heterocycles. The van der Waals surface area contributed by atoms with E-state index in [1.807, 2.05) is 0 Å². The molecule has 1 aliphatic carbocycles. The van der Waals surface area contributed by atoms with Gasteiger partial charge in [0.2, 0.25) is 10.0 Å². The van der Waals surface area contributed by atoms with E-state index < -0.39 is 10.0 Å². The van der Waals surface area contributed by atoms with Crippen LogP contribution in [0, 0.1) is 5.92 Å². The van der Waals surface area contributed by atoms with Gasteiger partial charge in [0.25, 0.3) is 0 Å². The fourth-order valence-corrected chi connectivity index (χ4v) is 2.86. The summed E-state index contributed by atoms with van der Waals surface area (Å²) in [6.45, 7) is 3.45. The lowest BCUT2D eigenvalue weighted by molar-refractivity contribution is 0.329. The van der Waals surface area contributed by atoms with Crippen molar-refractivity contribution in [2.75, 3.05) is 26.4 Å². The first kappa shape index (κ1) is 20.9. The summed E-state index contributed by atoms with van der Waals surface area (Å²) in [4.78, 5) is 4.20. The van der Waals surface area contributed by atoms with Crippen molar-refractivity contribution in [2.45, 2.75) is 45.1 Å². The van der Waals surface area contributed by atoms with Gasteiger partial charge in [0.05, 0.1) is 6.26 Å². The second kappa shape index (κ2) is 10.6. The van der Waals surface area contributed by atoms with Gasteiger partial charge in [0, 0.05) is 26.2 Å². The van der Waals surface area contributed by atoms with Crippen molar-refractivity contribution in [3.63, 3.8) is 0 Å². The topological polar surface area (TPSA) is 82.6 Å². The predicted molar refractivity (Wildman–Crippen MR) is 98.8 cm³/mol. The normalized spacial score (nSPS) is 23.3. The molecule has 0 aromatic rings. The minimum Gasteiger partial charge on any atom is -0.356 e. The third-order valence-electron chi connectivity index (χ3n) is 3.59. The monoisotopic (exact) mass is 432 g/mol. The van der Waals surface area contributed by atoms with Gasteiger partial charge in [0.15, 0.2) is 5.96 Å². The Balaban J connectivity index is 0.00000400. The Morgan fingerprint density at radius 3 is 2.33 bits per heavy atom. The summed E-state index contributed by atoms with van der Waals surface area (Å²) in [6.07, 6.45) is 6.83. The van der Waals surface area contributed by atoms with E-state index in [2.05, 4.69) is 27.3 Å². The zero-order valence-corrected chi connectivity index (χ0v) is 16.3. The summed E-state index contributed by atoms with van der Waals surface area (Å²) in [5.41, 5.74) is 0. The van der Waals surface area contributed by atoms with Crippen molar-refractivity contribution in [1.29, 1.82) is 0 Å². The van der Waals surface area contributed by atoms with E-state index in [-0.39, 0.29) is 24.0 Å². The molecule has 1 aliphatic rings. The van der Waals surface area contributed by atoms with Crippen molar-refractivity contribution in [1.82, 2.24) is 15.4 Å². The molecule has 0 atom stereocenters. The first-order valence-corrected chi connectivity index (χ1v) is 9.21. The average Bonchev–Trinajstić information content (AvgIpc) is 2.38. The number of hydrogen-bond donors (Lipinski definition) is 3. The predicted octanol–water partition coefficient (Wildman–Crippen LogP) is 1.29. The number of aliphatic imine (C=N–C) groups is 1. The van der Waals surface area contributed by atoms with Gasteiger partial charge in [-0.25, -0.2) is 13.1 Å². The Bertz CT molecular complexity index is 406. The number of hydrogen-bond acceptors (Lipinski definition) is 3. The Labute approximate surface area is 146 Å². The first-order chi connectivity index (χ1) is 9.40. The van der Waals surface area contributed by atoms with E-state index >= 15 is 0 Å². The highest BCUT2D eigenvalue weighted by atomic mass is 127. The molecule has 126 valence electrons. The number of guanidine groups is 1. The third-order valence-corrected chi connectivity index (χ3v) is 4.32. The van der Waals surface area contributed by atoms with Crippen LogP contribution in [0.2, 0.25) is 0 Å². The SMILES string of the molecule is CN=C(NCCCNS(C)(=O)=O)NC1CCC(C)CC1.I. The zero-order valence-electron chi connectivity index (χ0n) is 13.2. The van der Waals surface area contributed by atoms with E-state index in [9.17, 15) is 8.42 Å². The summed E-state index contributed by atoms with van der Waals surface area (Å²) in [5, 5.41) is 6.65. The van der Waals surface area contributed by atoms with Gasteiger partial charge >= 0.3 is 0 Å². The Morgan fingerprint density at radius 2 is 1.81 bits per heavy atom. The van der Waals surface area contributed by atoms with Gasteiger partial charge in [-0.3, -0.25) is 4.99 Å². The average molecular weight is 432 g/mol. The molecule has 0 aromatic carbocycles. The molecule has 0 aliphatic heterocycles. The summed E-state index contributed by atoms with van der Waals surface area (Å²) < 4.78 is 24.3. The van der Waals surface area contributed by atoms with Gasteiger partial charge in [-0.15, -0.1) is 24.0 Å². The lowest BCUT2D eigenvalue weighted by atomic mass is 9.87. The van der Waals surface area contributed by atoms with Crippen LogP contribution < -0.4 is 15.4 Å². The maximum Gasteiger partial charge on any atom is 0.208 e. The number of nitrogens with zero attached hydrogens (tertiary/aromatic N) is 1. The van der Waals surface area contributed by atoms with Crippen LogP contribution in [-0.4, -0.2) is 46.8 Å². The highest BCUT2D eigenvalue weighted by Crippen LogP contribution is 2.23. The van der Waals surface area contributed by atoms with Crippen LogP contribution in [0.5, 0.6) is 0 Å². The molecule has 0 amide bonds. The molecule has 0 radical (unpaired) electrons. The lowest BCUT2D eigenvalue weighted by Gasteiger charge is -2.28. The minimum absolute atomic E-state index is 0. The number of rotatable bonds is 6. The molecule has 1 fully saturated rings. The highest BCUT2D eigenvalue weighted by Gasteiger charge is 2.18. The second-order valence-corrected chi connectivity index (χ2v) is 7.45. The summed E-state index contributed by atoms with van der Waals surface area (Å²) in [6, 6.07) is 0.506. The largest absolute Gasteiger partial charge is 0.356 e. The molecule has 1 rings (SSSR count). The molecule has 3 N–H and O–H groups in total. The minimum atomic E-state index is -3.08. The summed E-state index contributed by atoms with van der Waals surface area (Å²) in [5.74, 6) is 1.65. The van der Waals surface area contributed by atoms with E-state index in [4.69, 9.17) is 0 Å². The summed E-state index contributed by atoms with van der Waals surface area (Å²) >= 11 is 0. The van der Waals surface area contributed by atoms with Gasteiger partial charge in [0.1, 0.15) is 0 Å². The van der Waals surface area contributed by atoms with Crippen LogP contribution in [0.1, 0.15) is 39.0 Å². The molecule has 0 spiro atoms. The van der Waals surface area contributed by atoms with E-state index in [1.54, 1.807) is 7.05 Å². The van der Waals surface area contributed by atoms with E-state index in [0.29, 0.717) is 19.1 Å². The second-order valence-electron chi connectivity index (χ2n) is 5.62. The van der Waals surface area contributed by atoms with Crippen LogP contribution in [0.15, 0.2) is 4.99 Å². The molecule has 0 heterocycles. The van der Waals surface area contributed by atoms with Gasteiger partial charge < -0.3 is 10.6 Å². The molecular weight excluding hydrogens is 403 g/mol.